The van der Waals surface area contributed by atoms with Crippen LogP contribution in [0.15, 0.2) is 24.3 Å². The van der Waals surface area contributed by atoms with Gasteiger partial charge >= 0.3 is 6.18 Å². The maximum absolute atomic E-state index is 13.5. The van der Waals surface area contributed by atoms with Crippen molar-refractivity contribution in [3.05, 3.63) is 46.9 Å². The Hall–Kier alpha value is -2.76. The van der Waals surface area contributed by atoms with Gasteiger partial charge in [-0.3, -0.25) is 9.69 Å². The van der Waals surface area contributed by atoms with Crippen molar-refractivity contribution in [3.63, 3.8) is 0 Å². The number of nitrogens with one attached hydrogen (secondary N) is 1. The molecule has 2 aromatic rings. The molecule has 8 nitrogen and oxygen atoms in total. The molecular formula is C26H32F3N5O3. The first-order valence-corrected chi connectivity index (χ1v) is 12.7. The molecule has 4 heterocycles. The SMILES string of the molecule is Cc1nc(Nc2cccc(C(F)(F)F)c2)c(C)c(C(=O)N2CCC(N3CCO[C@H]4COCC[C@H]43)CC2)n1. The zero-order chi connectivity index (χ0) is 26.2. The van der Waals surface area contributed by atoms with Gasteiger partial charge in [0, 0.05) is 49.6 Å². The van der Waals surface area contributed by atoms with Crippen LogP contribution in [0.1, 0.15) is 46.7 Å². The number of aryl methyl sites for hydroxylation is 1. The van der Waals surface area contributed by atoms with Crippen molar-refractivity contribution < 1.29 is 27.4 Å². The maximum Gasteiger partial charge on any atom is 0.416 e. The van der Waals surface area contributed by atoms with Gasteiger partial charge in [0.2, 0.25) is 0 Å². The molecule has 1 amide bonds. The van der Waals surface area contributed by atoms with Gasteiger partial charge in [-0.1, -0.05) is 6.07 Å². The minimum absolute atomic E-state index is 0.122. The van der Waals surface area contributed by atoms with E-state index in [1.807, 2.05) is 4.90 Å². The Balaban J connectivity index is 1.27. The largest absolute Gasteiger partial charge is 0.416 e. The van der Waals surface area contributed by atoms with E-state index in [1.165, 1.54) is 12.1 Å². The van der Waals surface area contributed by atoms with Gasteiger partial charge < -0.3 is 19.7 Å². The number of carbonyl (C=O) groups is 1. The molecule has 1 N–H and O–H groups in total. The third-order valence-electron chi connectivity index (χ3n) is 7.51. The predicted molar refractivity (Wildman–Crippen MR) is 131 cm³/mol. The lowest BCUT2D eigenvalue weighted by atomic mass is 9.95. The summed E-state index contributed by atoms with van der Waals surface area (Å²) in [6, 6.07) is 5.67. The Bertz CT molecular complexity index is 1130. The lowest BCUT2D eigenvalue weighted by molar-refractivity contribution is -0.148. The molecule has 5 rings (SSSR count). The van der Waals surface area contributed by atoms with Crippen LogP contribution in [0.2, 0.25) is 0 Å². The minimum Gasteiger partial charge on any atom is -0.379 e. The number of likely N-dealkylation sites (tertiary alicyclic amines) is 1. The van der Waals surface area contributed by atoms with Gasteiger partial charge in [-0.05, 0) is 51.3 Å². The molecule has 0 aliphatic carbocycles. The van der Waals surface area contributed by atoms with Gasteiger partial charge in [0.15, 0.2) is 0 Å². The van der Waals surface area contributed by atoms with Crippen molar-refractivity contribution in [2.45, 2.75) is 57.5 Å². The van der Waals surface area contributed by atoms with Crippen LogP contribution in [0.25, 0.3) is 0 Å². The monoisotopic (exact) mass is 519 g/mol. The van der Waals surface area contributed by atoms with E-state index in [4.69, 9.17) is 9.47 Å². The molecule has 2 atom stereocenters. The van der Waals surface area contributed by atoms with Gasteiger partial charge in [-0.25, -0.2) is 9.97 Å². The molecule has 1 aromatic carbocycles. The number of hydrogen-bond donors (Lipinski definition) is 1. The predicted octanol–water partition coefficient (Wildman–Crippen LogP) is 3.95. The molecular weight excluding hydrogens is 487 g/mol. The number of piperidine rings is 1. The van der Waals surface area contributed by atoms with Crippen LogP contribution in [-0.2, 0) is 15.7 Å². The Morgan fingerprint density at radius 2 is 1.86 bits per heavy atom. The molecule has 0 saturated carbocycles. The third-order valence-corrected chi connectivity index (χ3v) is 7.51. The quantitative estimate of drug-likeness (QED) is 0.655. The number of alkyl halides is 3. The Morgan fingerprint density at radius 1 is 1.08 bits per heavy atom. The number of carbonyl (C=O) groups excluding carboxylic acids is 1. The molecule has 3 fully saturated rings. The van der Waals surface area contributed by atoms with Crippen molar-refractivity contribution >= 4 is 17.4 Å². The van der Waals surface area contributed by atoms with Crippen LogP contribution in [0.4, 0.5) is 24.7 Å². The number of nitrogens with zero attached hydrogens (tertiary/aromatic N) is 4. The molecule has 0 unspecified atom stereocenters. The highest BCUT2D eigenvalue weighted by atomic mass is 19.4. The zero-order valence-corrected chi connectivity index (χ0v) is 21.1. The lowest BCUT2D eigenvalue weighted by Crippen LogP contribution is -2.60. The van der Waals surface area contributed by atoms with Crippen molar-refractivity contribution in [1.29, 1.82) is 0 Å². The van der Waals surface area contributed by atoms with E-state index in [1.54, 1.807) is 13.8 Å². The van der Waals surface area contributed by atoms with E-state index < -0.39 is 11.7 Å². The maximum atomic E-state index is 13.5. The van der Waals surface area contributed by atoms with Gasteiger partial charge in [0.1, 0.15) is 17.3 Å². The van der Waals surface area contributed by atoms with Gasteiger partial charge in [-0.2, -0.15) is 13.2 Å². The van der Waals surface area contributed by atoms with Crippen molar-refractivity contribution in [2.24, 2.45) is 0 Å². The molecule has 3 saturated heterocycles. The number of rotatable bonds is 4. The Labute approximate surface area is 214 Å². The Kier molecular flexibility index (Phi) is 7.37. The van der Waals surface area contributed by atoms with Crippen LogP contribution in [0, 0.1) is 13.8 Å². The van der Waals surface area contributed by atoms with Crippen LogP contribution in [0.5, 0.6) is 0 Å². The number of halogens is 3. The second-order valence-electron chi connectivity index (χ2n) is 9.90. The second kappa shape index (κ2) is 10.5. The van der Waals surface area contributed by atoms with Crippen LogP contribution < -0.4 is 5.32 Å². The summed E-state index contributed by atoms with van der Waals surface area (Å²) in [5.41, 5.74) is 0.268. The number of ether oxygens (including phenoxy) is 2. The van der Waals surface area contributed by atoms with Gasteiger partial charge in [-0.15, -0.1) is 0 Å². The zero-order valence-electron chi connectivity index (χ0n) is 21.1. The fourth-order valence-electron chi connectivity index (χ4n) is 5.59. The van der Waals surface area contributed by atoms with E-state index in [-0.39, 0.29) is 23.4 Å². The molecule has 0 spiro atoms. The summed E-state index contributed by atoms with van der Waals surface area (Å²) in [5, 5.41) is 2.95. The van der Waals surface area contributed by atoms with E-state index in [9.17, 15) is 18.0 Å². The van der Waals surface area contributed by atoms with E-state index >= 15 is 0 Å². The van der Waals surface area contributed by atoms with E-state index in [0.717, 1.165) is 44.5 Å². The number of amides is 1. The molecule has 0 radical (unpaired) electrons. The Morgan fingerprint density at radius 3 is 2.62 bits per heavy atom. The normalized spacial score (nSPS) is 23.5. The average molecular weight is 520 g/mol. The highest BCUT2D eigenvalue weighted by molar-refractivity contribution is 5.95. The first kappa shape index (κ1) is 25.9. The van der Waals surface area contributed by atoms with Crippen molar-refractivity contribution in [3.8, 4) is 0 Å². The molecule has 1 aromatic heterocycles. The number of aromatic nitrogens is 2. The number of fused-ring (bicyclic) bond motifs is 1. The molecule has 200 valence electrons. The number of morpholine rings is 1. The number of anilines is 2. The first-order valence-electron chi connectivity index (χ1n) is 12.7. The van der Waals surface area contributed by atoms with Crippen molar-refractivity contribution in [2.75, 3.05) is 44.8 Å². The van der Waals surface area contributed by atoms with Crippen LogP contribution in [-0.4, -0.2) is 83.3 Å². The smallest absolute Gasteiger partial charge is 0.379 e. The third kappa shape index (κ3) is 5.58. The molecule has 11 heteroatoms. The second-order valence-corrected chi connectivity index (χ2v) is 9.90. The minimum atomic E-state index is -4.45. The van der Waals surface area contributed by atoms with Crippen LogP contribution in [0.3, 0.4) is 0 Å². The summed E-state index contributed by atoms with van der Waals surface area (Å²) < 4.78 is 50.9. The number of hydrogen-bond acceptors (Lipinski definition) is 7. The summed E-state index contributed by atoms with van der Waals surface area (Å²) in [7, 11) is 0. The first-order chi connectivity index (χ1) is 17.7. The van der Waals surface area contributed by atoms with Gasteiger partial charge in [0.25, 0.3) is 5.91 Å². The molecule has 37 heavy (non-hydrogen) atoms. The standard InChI is InChI=1S/C26H32F3N5O3/c1-16-23(30-17(2)31-24(16)32-19-5-3-4-18(14-19)26(27,28)29)25(35)33-9-6-20(7-10-33)34-11-13-37-22-15-36-12-8-21(22)34/h3-5,14,20-22H,6-13,15H2,1-2H3,(H,30,31,32)/t21-,22+/m1/s1. The summed E-state index contributed by atoms with van der Waals surface area (Å²) in [4.78, 5) is 26.6. The summed E-state index contributed by atoms with van der Waals surface area (Å²) in [6.45, 7) is 7.61. The summed E-state index contributed by atoms with van der Waals surface area (Å²) >= 11 is 0. The summed E-state index contributed by atoms with van der Waals surface area (Å²) in [6.07, 6.45) is -1.63. The van der Waals surface area contributed by atoms with Crippen molar-refractivity contribution in [1.82, 2.24) is 19.8 Å². The highest BCUT2D eigenvalue weighted by Crippen LogP contribution is 2.32. The fourth-order valence-corrected chi connectivity index (χ4v) is 5.59. The van der Waals surface area contributed by atoms with E-state index in [2.05, 4.69) is 20.2 Å². The molecule has 3 aliphatic heterocycles. The fraction of sp³-hybridized carbons (Fsp3) is 0.577. The topological polar surface area (TPSA) is 79.8 Å². The lowest BCUT2D eigenvalue weighted by Gasteiger charge is -2.49. The number of benzene rings is 1. The summed E-state index contributed by atoms with van der Waals surface area (Å²) in [5.74, 6) is 0.514. The molecule has 0 bridgehead atoms. The van der Waals surface area contributed by atoms with Crippen LogP contribution >= 0.6 is 0 Å². The van der Waals surface area contributed by atoms with Gasteiger partial charge in [0.05, 0.1) is 24.9 Å². The average Bonchev–Trinajstić information content (AvgIpc) is 2.89. The highest BCUT2D eigenvalue weighted by Gasteiger charge is 2.39. The van der Waals surface area contributed by atoms with E-state index in [0.29, 0.717) is 55.6 Å². The molecule has 3 aliphatic rings.